The van der Waals surface area contributed by atoms with Crippen LogP contribution in [0.5, 0.6) is 11.5 Å². The van der Waals surface area contributed by atoms with E-state index in [0.717, 1.165) is 28.3 Å². The number of hydrogen-bond acceptors (Lipinski definition) is 4. The minimum atomic E-state index is -0.709. The van der Waals surface area contributed by atoms with E-state index in [1.807, 2.05) is 44.2 Å². The Kier molecular flexibility index (Phi) is 3.32. The largest absolute Gasteiger partial charge is 0.486 e. The SMILES string of the molecule is Cc1ccc(C(O)c2ccc3c(c2)OCCO3)c(C)n1. The summed E-state index contributed by atoms with van der Waals surface area (Å²) in [6.07, 6.45) is -0.709. The van der Waals surface area contributed by atoms with Crippen molar-refractivity contribution in [3.63, 3.8) is 0 Å². The van der Waals surface area contributed by atoms with E-state index in [4.69, 9.17) is 9.47 Å². The molecule has 3 rings (SSSR count). The molecule has 0 saturated heterocycles. The van der Waals surface area contributed by atoms with Crippen LogP contribution < -0.4 is 9.47 Å². The molecule has 1 unspecified atom stereocenters. The first-order valence-corrected chi connectivity index (χ1v) is 6.67. The maximum Gasteiger partial charge on any atom is 0.161 e. The van der Waals surface area contributed by atoms with Gasteiger partial charge in [0.1, 0.15) is 19.3 Å². The van der Waals surface area contributed by atoms with E-state index in [-0.39, 0.29) is 0 Å². The molecule has 4 nitrogen and oxygen atoms in total. The molecule has 1 aromatic heterocycles. The number of pyridine rings is 1. The van der Waals surface area contributed by atoms with E-state index in [1.54, 1.807) is 0 Å². The predicted octanol–water partition coefficient (Wildman–Crippen LogP) is 2.55. The second kappa shape index (κ2) is 5.13. The minimum Gasteiger partial charge on any atom is -0.486 e. The Morgan fingerprint density at radius 1 is 1.05 bits per heavy atom. The van der Waals surface area contributed by atoms with Crippen LogP contribution in [0.1, 0.15) is 28.6 Å². The van der Waals surface area contributed by atoms with Crippen LogP contribution in [0.3, 0.4) is 0 Å². The Morgan fingerprint density at radius 3 is 2.55 bits per heavy atom. The summed E-state index contributed by atoms with van der Waals surface area (Å²) in [4.78, 5) is 4.39. The molecule has 1 aromatic carbocycles. The molecule has 0 spiro atoms. The lowest BCUT2D eigenvalue weighted by Crippen LogP contribution is -2.15. The molecule has 0 radical (unpaired) electrons. The Morgan fingerprint density at radius 2 is 1.80 bits per heavy atom. The topological polar surface area (TPSA) is 51.6 Å². The molecule has 0 saturated carbocycles. The second-order valence-corrected chi connectivity index (χ2v) is 4.93. The van der Waals surface area contributed by atoms with Crippen LogP contribution in [0.2, 0.25) is 0 Å². The quantitative estimate of drug-likeness (QED) is 0.912. The highest BCUT2D eigenvalue weighted by atomic mass is 16.6. The van der Waals surface area contributed by atoms with Gasteiger partial charge in [-0.2, -0.15) is 0 Å². The number of nitrogens with zero attached hydrogens (tertiary/aromatic N) is 1. The number of aryl methyl sites for hydroxylation is 2. The van der Waals surface area contributed by atoms with Gasteiger partial charge in [0.2, 0.25) is 0 Å². The number of aromatic nitrogens is 1. The lowest BCUT2D eigenvalue weighted by Gasteiger charge is -2.20. The molecule has 104 valence electrons. The summed E-state index contributed by atoms with van der Waals surface area (Å²) < 4.78 is 11.0. The summed E-state index contributed by atoms with van der Waals surface area (Å²) in [7, 11) is 0. The zero-order valence-electron chi connectivity index (χ0n) is 11.6. The van der Waals surface area contributed by atoms with Crippen molar-refractivity contribution in [2.75, 3.05) is 13.2 Å². The molecule has 1 aliphatic heterocycles. The van der Waals surface area contributed by atoms with Crippen LogP contribution in [0.15, 0.2) is 30.3 Å². The fraction of sp³-hybridized carbons (Fsp3) is 0.312. The van der Waals surface area contributed by atoms with Crippen LogP contribution in [0, 0.1) is 13.8 Å². The van der Waals surface area contributed by atoms with Gasteiger partial charge in [0.25, 0.3) is 0 Å². The van der Waals surface area contributed by atoms with Crippen LogP contribution in [-0.4, -0.2) is 23.3 Å². The van der Waals surface area contributed by atoms with Gasteiger partial charge in [-0.1, -0.05) is 12.1 Å². The minimum absolute atomic E-state index is 0.539. The fourth-order valence-corrected chi connectivity index (χ4v) is 2.40. The van der Waals surface area contributed by atoms with Gasteiger partial charge in [0.05, 0.1) is 0 Å². The van der Waals surface area contributed by atoms with Crippen molar-refractivity contribution in [1.29, 1.82) is 0 Å². The summed E-state index contributed by atoms with van der Waals surface area (Å²) in [5, 5.41) is 10.5. The van der Waals surface area contributed by atoms with Gasteiger partial charge in [-0.3, -0.25) is 4.98 Å². The molecule has 4 heteroatoms. The first kappa shape index (κ1) is 12.9. The van der Waals surface area contributed by atoms with E-state index in [2.05, 4.69) is 4.98 Å². The number of aliphatic hydroxyl groups is 1. The molecule has 1 N–H and O–H groups in total. The van der Waals surface area contributed by atoms with Gasteiger partial charge in [-0.25, -0.2) is 0 Å². The number of hydrogen-bond donors (Lipinski definition) is 1. The third-order valence-corrected chi connectivity index (χ3v) is 3.44. The summed E-state index contributed by atoms with van der Waals surface area (Å²) in [6.45, 7) is 4.95. The van der Waals surface area contributed by atoms with Crippen molar-refractivity contribution < 1.29 is 14.6 Å². The van der Waals surface area contributed by atoms with E-state index in [1.165, 1.54) is 0 Å². The molecule has 2 aromatic rings. The van der Waals surface area contributed by atoms with Crippen LogP contribution in [-0.2, 0) is 0 Å². The van der Waals surface area contributed by atoms with E-state index in [9.17, 15) is 5.11 Å². The molecule has 0 bridgehead atoms. The third kappa shape index (κ3) is 2.34. The van der Waals surface area contributed by atoms with Gasteiger partial charge >= 0.3 is 0 Å². The molecule has 1 aliphatic rings. The molecular formula is C16H17NO3. The van der Waals surface area contributed by atoms with Gasteiger partial charge in [0.15, 0.2) is 11.5 Å². The van der Waals surface area contributed by atoms with Crippen molar-refractivity contribution in [2.24, 2.45) is 0 Å². The molecule has 20 heavy (non-hydrogen) atoms. The average Bonchev–Trinajstić information content (AvgIpc) is 2.46. The standard InChI is InChI=1S/C16H17NO3/c1-10-3-5-13(11(2)17-10)16(18)12-4-6-14-15(9-12)20-8-7-19-14/h3-6,9,16,18H,7-8H2,1-2H3. The third-order valence-electron chi connectivity index (χ3n) is 3.44. The Labute approximate surface area is 118 Å². The summed E-state index contributed by atoms with van der Waals surface area (Å²) >= 11 is 0. The van der Waals surface area contributed by atoms with Gasteiger partial charge < -0.3 is 14.6 Å². The van der Waals surface area contributed by atoms with Crippen molar-refractivity contribution in [1.82, 2.24) is 4.98 Å². The van der Waals surface area contributed by atoms with E-state index >= 15 is 0 Å². The molecule has 0 aliphatic carbocycles. The molecular weight excluding hydrogens is 254 g/mol. The van der Waals surface area contributed by atoms with Gasteiger partial charge in [0, 0.05) is 17.0 Å². The lowest BCUT2D eigenvalue weighted by atomic mass is 9.99. The summed E-state index contributed by atoms with van der Waals surface area (Å²) in [5.74, 6) is 1.41. The predicted molar refractivity (Wildman–Crippen MR) is 75.2 cm³/mol. The highest BCUT2D eigenvalue weighted by Crippen LogP contribution is 2.34. The van der Waals surface area contributed by atoms with Crippen molar-refractivity contribution in [3.05, 3.63) is 52.8 Å². The maximum atomic E-state index is 10.5. The van der Waals surface area contributed by atoms with Crippen LogP contribution >= 0.6 is 0 Å². The smallest absolute Gasteiger partial charge is 0.161 e. The monoisotopic (exact) mass is 271 g/mol. The first-order chi connectivity index (χ1) is 9.65. The van der Waals surface area contributed by atoms with Gasteiger partial charge in [-0.15, -0.1) is 0 Å². The normalized spacial score (nSPS) is 14.9. The van der Waals surface area contributed by atoms with Crippen molar-refractivity contribution >= 4 is 0 Å². The van der Waals surface area contributed by atoms with Gasteiger partial charge in [-0.05, 0) is 37.6 Å². The average molecular weight is 271 g/mol. The number of aliphatic hydroxyl groups excluding tert-OH is 1. The summed E-state index contributed by atoms with van der Waals surface area (Å²) in [5.41, 5.74) is 3.38. The molecule has 2 heterocycles. The highest BCUT2D eigenvalue weighted by molar-refractivity contribution is 5.46. The number of rotatable bonds is 2. The van der Waals surface area contributed by atoms with Crippen molar-refractivity contribution in [2.45, 2.75) is 20.0 Å². The molecule has 1 atom stereocenters. The van der Waals surface area contributed by atoms with E-state index in [0.29, 0.717) is 19.0 Å². The van der Waals surface area contributed by atoms with Crippen LogP contribution in [0.25, 0.3) is 0 Å². The zero-order valence-corrected chi connectivity index (χ0v) is 11.6. The Balaban J connectivity index is 1.95. The maximum absolute atomic E-state index is 10.5. The number of ether oxygens (including phenoxy) is 2. The first-order valence-electron chi connectivity index (χ1n) is 6.67. The number of benzene rings is 1. The van der Waals surface area contributed by atoms with Crippen LogP contribution in [0.4, 0.5) is 0 Å². The molecule has 0 amide bonds. The lowest BCUT2D eigenvalue weighted by molar-refractivity contribution is 0.169. The second-order valence-electron chi connectivity index (χ2n) is 4.93. The highest BCUT2D eigenvalue weighted by Gasteiger charge is 2.18. The Bertz CT molecular complexity index is 640. The number of fused-ring (bicyclic) bond motifs is 1. The molecule has 0 fully saturated rings. The van der Waals surface area contributed by atoms with Crippen molar-refractivity contribution in [3.8, 4) is 11.5 Å². The summed E-state index contributed by atoms with van der Waals surface area (Å²) in [6, 6.07) is 9.35. The Hall–Kier alpha value is -2.07. The zero-order chi connectivity index (χ0) is 14.1. The van der Waals surface area contributed by atoms with E-state index < -0.39 is 6.10 Å². The fourth-order valence-electron chi connectivity index (χ4n) is 2.40.